The van der Waals surface area contributed by atoms with Crippen LogP contribution in [0.15, 0.2) is 12.1 Å². The lowest BCUT2D eigenvalue weighted by Gasteiger charge is -2.17. The van der Waals surface area contributed by atoms with Crippen molar-refractivity contribution in [3.8, 4) is 0 Å². The molecule has 0 atom stereocenters. The maximum Gasteiger partial charge on any atom is 0.0908 e. The van der Waals surface area contributed by atoms with E-state index < -0.39 is 0 Å². The fourth-order valence-corrected chi connectivity index (χ4v) is 4.36. The lowest BCUT2D eigenvalue weighted by Crippen LogP contribution is -2.06. The predicted octanol–water partition coefficient (Wildman–Crippen LogP) is 4.69. The third kappa shape index (κ3) is 1.68. The molecule has 0 radical (unpaired) electrons. The van der Waals surface area contributed by atoms with E-state index in [1.165, 1.54) is 28.8 Å². The van der Waals surface area contributed by atoms with Crippen LogP contribution in [-0.4, -0.2) is 9.97 Å². The van der Waals surface area contributed by atoms with Gasteiger partial charge in [0.05, 0.1) is 25.8 Å². The molecule has 2 heterocycles. The van der Waals surface area contributed by atoms with Crippen molar-refractivity contribution in [1.82, 2.24) is 9.97 Å². The van der Waals surface area contributed by atoms with Gasteiger partial charge in [-0.2, -0.15) is 0 Å². The Kier molecular flexibility index (Phi) is 2.54. The highest BCUT2D eigenvalue weighted by Crippen LogP contribution is 2.38. The van der Waals surface area contributed by atoms with Crippen molar-refractivity contribution in [2.45, 2.75) is 32.6 Å². The molecule has 0 saturated carbocycles. The second-order valence-corrected chi connectivity index (χ2v) is 6.68. The topological polar surface area (TPSA) is 25.8 Å². The van der Waals surface area contributed by atoms with Crippen LogP contribution < -0.4 is 0 Å². The Labute approximate surface area is 120 Å². The normalized spacial score (nSPS) is 15.1. The Morgan fingerprint density at radius 1 is 1.11 bits per heavy atom. The van der Waals surface area contributed by atoms with Gasteiger partial charge in [0, 0.05) is 11.1 Å². The Hall–Kier alpha value is -1.19. The van der Waals surface area contributed by atoms with Gasteiger partial charge in [-0.25, -0.2) is 4.98 Å². The third-order valence-corrected chi connectivity index (χ3v) is 5.24. The number of halogens is 1. The molecule has 4 heteroatoms. The molecule has 3 aromatic rings. The summed E-state index contributed by atoms with van der Waals surface area (Å²) >= 11 is 8.40. The molecule has 0 N–H and O–H groups in total. The second-order valence-electron chi connectivity index (χ2n) is 5.10. The molecule has 0 fully saturated rings. The molecule has 2 aromatic heterocycles. The lowest BCUT2D eigenvalue weighted by atomic mass is 9.94. The summed E-state index contributed by atoms with van der Waals surface area (Å²) in [7, 11) is 0. The molecule has 0 bridgehead atoms. The largest absolute Gasteiger partial charge is 0.252 e. The Morgan fingerprint density at radius 2 is 1.89 bits per heavy atom. The van der Waals surface area contributed by atoms with Gasteiger partial charge < -0.3 is 0 Å². The van der Waals surface area contributed by atoms with Crippen LogP contribution in [0.5, 0.6) is 0 Å². The van der Waals surface area contributed by atoms with Gasteiger partial charge in [0.25, 0.3) is 0 Å². The number of benzene rings is 1. The van der Waals surface area contributed by atoms with Crippen LogP contribution in [-0.2, 0) is 12.8 Å². The van der Waals surface area contributed by atoms with Gasteiger partial charge in [-0.15, -0.1) is 11.3 Å². The monoisotopic (exact) mass is 288 g/mol. The van der Waals surface area contributed by atoms with Gasteiger partial charge in [-0.3, -0.25) is 4.98 Å². The first-order chi connectivity index (χ1) is 9.24. The summed E-state index contributed by atoms with van der Waals surface area (Å²) in [6.45, 7) is 2.04. The number of rotatable bonds is 0. The summed E-state index contributed by atoms with van der Waals surface area (Å²) in [5.74, 6) is 0. The average molecular weight is 289 g/mol. The van der Waals surface area contributed by atoms with Crippen molar-refractivity contribution in [2.24, 2.45) is 0 Å². The number of thiazole rings is 1. The molecule has 4 rings (SSSR count). The molecule has 1 aliphatic carbocycles. The molecule has 1 aromatic carbocycles. The van der Waals surface area contributed by atoms with Crippen molar-refractivity contribution in [1.29, 1.82) is 0 Å². The fourth-order valence-electron chi connectivity index (χ4n) is 2.94. The molecule has 0 aliphatic heterocycles. The molecular weight excluding hydrogens is 276 g/mol. The van der Waals surface area contributed by atoms with E-state index in [0.717, 1.165) is 39.3 Å². The van der Waals surface area contributed by atoms with E-state index in [1.54, 1.807) is 11.3 Å². The first-order valence-corrected chi connectivity index (χ1v) is 7.80. The predicted molar refractivity (Wildman–Crippen MR) is 81.3 cm³/mol. The smallest absolute Gasteiger partial charge is 0.0908 e. The minimum absolute atomic E-state index is 0.911. The van der Waals surface area contributed by atoms with Gasteiger partial charge in [-0.1, -0.05) is 11.6 Å². The van der Waals surface area contributed by atoms with Crippen molar-refractivity contribution >= 4 is 44.1 Å². The average Bonchev–Trinajstić information content (AvgIpc) is 2.79. The molecule has 0 spiro atoms. The number of aryl methyl sites for hydroxylation is 2. The van der Waals surface area contributed by atoms with Crippen LogP contribution in [0.3, 0.4) is 0 Å². The van der Waals surface area contributed by atoms with Crippen molar-refractivity contribution in [2.75, 3.05) is 0 Å². The van der Waals surface area contributed by atoms with E-state index in [1.807, 2.05) is 6.92 Å². The Bertz CT molecular complexity index is 807. The lowest BCUT2D eigenvalue weighted by molar-refractivity contribution is 0.671. The first-order valence-electron chi connectivity index (χ1n) is 6.61. The summed E-state index contributed by atoms with van der Waals surface area (Å²) < 4.78 is 1.18. The van der Waals surface area contributed by atoms with Crippen molar-refractivity contribution in [3.63, 3.8) is 0 Å². The number of fused-ring (bicyclic) bond motifs is 4. The van der Waals surface area contributed by atoms with Crippen LogP contribution in [0, 0.1) is 6.92 Å². The standard InChI is InChI=1S/C15H13ClN2S/c1-8-17-12-7-6-11-13(15(12)19-8)14(16)9-4-2-3-5-10(9)18-11/h6-7H,2-5H2,1H3. The van der Waals surface area contributed by atoms with E-state index in [2.05, 4.69) is 17.1 Å². The van der Waals surface area contributed by atoms with E-state index >= 15 is 0 Å². The minimum Gasteiger partial charge on any atom is -0.252 e. The SMILES string of the molecule is Cc1nc2ccc3nc4c(c(Cl)c3c2s1)CCCC4. The molecule has 96 valence electrons. The van der Waals surface area contributed by atoms with Crippen LogP contribution in [0.2, 0.25) is 5.02 Å². The zero-order valence-electron chi connectivity index (χ0n) is 10.7. The Balaban J connectivity index is 2.18. The number of hydrogen-bond acceptors (Lipinski definition) is 3. The zero-order valence-corrected chi connectivity index (χ0v) is 12.2. The number of hydrogen-bond donors (Lipinski definition) is 0. The molecule has 2 nitrogen and oxygen atoms in total. The van der Waals surface area contributed by atoms with Crippen LogP contribution in [0.1, 0.15) is 29.1 Å². The van der Waals surface area contributed by atoms with Gasteiger partial charge in [0.2, 0.25) is 0 Å². The van der Waals surface area contributed by atoms with E-state index in [9.17, 15) is 0 Å². The van der Waals surface area contributed by atoms with Crippen LogP contribution in [0.4, 0.5) is 0 Å². The van der Waals surface area contributed by atoms with Crippen LogP contribution >= 0.6 is 22.9 Å². The number of pyridine rings is 1. The summed E-state index contributed by atoms with van der Waals surface area (Å²) in [6, 6.07) is 4.11. The summed E-state index contributed by atoms with van der Waals surface area (Å²) in [6.07, 6.45) is 4.57. The molecule has 19 heavy (non-hydrogen) atoms. The first kappa shape index (κ1) is 11.6. The zero-order chi connectivity index (χ0) is 13.0. The molecule has 0 unspecified atom stereocenters. The quantitative estimate of drug-likeness (QED) is 0.600. The van der Waals surface area contributed by atoms with E-state index in [4.69, 9.17) is 16.6 Å². The highest BCUT2D eigenvalue weighted by Gasteiger charge is 2.19. The van der Waals surface area contributed by atoms with E-state index in [-0.39, 0.29) is 0 Å². The van der Waals surface area contributed by atoms with Crippen molar-refractivity contribution < 1.29 is 0 Å². The second kappa shape index (κ2) is 4.15. The highest BCUT2D eigenvalue weighted by atomic mass is 35.5. The summed E-state index contributed by atoms with van der Waals surface area (Å²) in [5, 5.41) is 3.09. The minimum atomic E-state index is 0.911. The molecule has 1 aliphatic rings. The number of aromatic nitrogens is 2. The highest BCUT2D eigenvalue weighted by molar-refractivity contribution is 7.19. The van der Waals surface area contributed by atoms with Crippen LogP contribution in [0.25, 0.3) is 21.1 Å². The van der Waals surface area contributed by atoms with Gasteiger partial charge >= 0.3 is 0 Å². The fraction of sp³-hybridized carbons (Fsp3) is 0.333. The molecular formula is C15H13ClN2S. The van der Waals surface area contributed by atoms with Gasteiger partial charge in [0.15, 0.2) is 0 Å². The summed E-state index contributed by atoms with van der Waals surface area (Å²) in [4.78, 5) is 9.38. The maximum absolute atomic E-state index is 6.69. The Morgan fingerprint density at radius 3 is 2.79 bits per heavy atom. The van der Waals surface area contributed by atoms with Gasteiger partial charge in [0.1, 0.15) is 0 Å². The van der Waals surface area contributed by atoms with Crippen molar-refractivity contribution in [3.05, 3.63) is 33.4 Å². The maximum atomic E-state index is 6.69. The summed E-state index contributed by atoms with van der Waals surface area (Å²) in [5.41, 5.74) is 4.51. The molecule has 0 amide bonds. The molecule has 0 saturated heterocycles. The van der Waals surface area contributed by atoms with Gasteiger partial charge in [-0.05, 0) is 50.3 Å². The van der Waals surface area contributed by atoms with E-state index in [0.29, 0.717) is 0 Å². The number of nitrogens with zero attached hydrogens (tertiary/aromatic N) is 2. The third-order valence-electron chi connectivity index (χ3n) is 3.82.